The van der Waals surface area contributed by atoms with Crippen LogP contribution in [-0.2, 0) is 40.0 Å². The maximum atomic E-state index is 14.0. The maximum absolute atomic E-state index is 14.0. The van der Waals surface area contributed by atoms with Gasteiger partial charge in [0.05, 0.1) is 19.8 Å². The minimum Gasteiger partial charge on any atom is -0.507 e. The van der Waals surface area contributed by atoms with Crippen LogP contribution < -0.4 is 26.6 Å². The Morgan fingerprint density at radius 1 is 0.742 bits per heavy atom. The molecule has 0 spiro atoms. The Balaban J connectivity index is 1.63. The number of phenolic OH excluding ortho intramolecular Hbond substituents is 2. The van der Waals surface area contributed by atoms with Crippen LogP contribution in [0.5, 0.6) is 11.5 Å². The molecule has 1 aliphatic heterocycles. The summed E-state index contributed by atoms with van der Waals surface area (Å²) in [4.78, 5) is 95.7. The largest absolute Gasteiger partial charge is 0.507 e. The van der Waals surface area contributed by atoms with Crippen LogP contribution in [0.3, 0.4) is 0 Å². The molecule has 2 aromatic rings. The van der Waals surface area contributed by atoms with E-state index in [4.69, 9.17) is 0 Å². The monoisotopic (exact) mass is 924 g/mol. The van der Waals surface area contributed by atoms with Crippen LogP contribution in [0.2, 0.25) is 0 Å². The molecule has 3 rings (SSSR count). The SMILES string of the molecule is CCCCCCCCCCCCCCCC(=O)N(C)C(CO)C(=O)NC(C)C(=O)NCC(=O)N(C)C1C(=O)NC(C)C(=O)NC(C(=O)NCCO)Cc2ccc(O)c(c2)-c2cc1ccc2O. The highest BCUT2D eigenvalue weighted by molar-refractivity contribution is 5.97. The summed E-state index contributed by atoms with van der Waals surface area (Å²) in [6, 6.07) is 2.15. The van der Waals surface area contributed by atoms with Crippen molar-refractivity contribution in [1.82, 2.24) is 36.4 Å². The molecule has 0 saturated carbocycles. The summed E-state index contributed by atoms with van der Waals surface area (Å²) in [6.45, 7) is 3.21. The van der Waals surface area contributed by atoms with E-state index >= 15 is 0 Å². The molecule has 0 radical (unpaired) electrons. The van der Waals surface area contributed by atoms with Crippen LogP contribution in [0, 0.1) is 0 Å². The Bertz CT molecular complexity index is 1950. The number of unbranched alkanes of at least 4 members (excludes halogenated alkanes) is 12. The lowest BCUT2D eigenvalue weighted by Gasteiger charge is -2.30. The van der Waals surface area contributed by atoms with Crippen molar-refractivity contribution in [2.75, 3.05) is 40.4 Å². The van der Waals surface area contributed by atoms with Crippen molar-refractivity contribution in [3.63, 3.8) is 0 Å². The van der Waals surface area contributed by atoms with Gasteiger partial charge in [0.2, 0.25) is 41.4 Å². The number of carbonyl (C=O) groups excluding carboxylic acids is 7. The van der Waals surface area contributed by atoms with Crippen molar-refractivity contribution in [3.05, 3.63) is 47.5 Å². The lowest BCUT2D eigenvalue weighted by atomic mass is 9.93. The van der Waals surface area contributed by atoms with Crippen molar-refractivity contribution in [2.24, 2.45) is 0 Å². The summed E-state index contributed by atoms with van der Waals surface area (Å²) in [5.74, 6) is -5.34. The van der Waals surface area contributed by atoms with Gasteiger partial charge in [0.1, 0.15) is 41.7 Å². The van der Waals surface area contributed by atoms with Crippen LogP contribution in [0.15, 0.2) is 36.4 Å². The first-order valence-electron chi connectivity index (χ1n) is 23.4. The number of aromatic hydroxyl groups is 2. The summed E-state index contributed by atoms with van der Waals surface area (Å²) >= 11 is 0. The Morgan fingerprint density at radius 2 is 1.32 bits per heavy atom. The van der Waals surface area contributed by atoms with Gasteiger partial charge in [0.15, 0.2) is 0 Å². The summed E-state index contributed by atoms with van der Waals surface area (Å²) in [6.07, 6.45) is 15.3. The first-order chi connectivity index (χ1) is 31.5. The number of benzene rings is 2. The van der Waals surface area contributed by atoms with E-state index in [1.165, 1.54) is 127 Å². The number of fused-ring (bicyclic) bond motifs is 5. The van der Waals surface area contributed by atoms with E-state index in [1.807, 2.05) is 0 Å². The topological polar surface area (TPSA) is 267 Å². The van der Waals surface area contributed by atoms with Crippen molar-refractivity contribution in [2.45, 2.75) is 147 Å². The predicted molar refractivity (Wildman–Crippen MR) is 249 cm³/mol. The molecule has 18 nitrogen and oxygen atoms in total. The molecule has 4 bridgehead atoms. The number of aliphatic hydroxyl groups excluding tert-OH is 2. The van der Waals surface area contributed by atoms with E-state index in [0.29, 0.717) is 12.0 Å². The molecule has 5 unspecified atom stereocenters. The van der Waals surface area contributed by atoms with Crippen LogP contribution in [0.25, 0.3) is 11.1 Å². The Morgan fingerprint density at radius 3 is 1.91 bits per heavy atom. The zero-order valence-corrected chi connectivity index (χ0v) is 39.3. The molecule has 0 saturated heterocycles. The lowest BCUT2D eigenvalue weighted by molar-refractivity contribution is -0.142. The van der Waals surface area contributed by atoms with Crippen molar-refractivity contribution in [1.29, 1.82) is 0 Å². The number of rotatable bonds is 25. The highest BCUT2D eigenvalue weighted by Gasteiger charge is 2.34. The quantitative estimate of drug-likeness (QED) is 0.0654. The van der Waals surface area contributed by atoms with Crippen molar-refractivity contribution < 1.29 is 54.0 Å². The van der Waals surface area contributed by atoms with Crippen LogP contribution in [-0.4, -0.2) is 136 Å². The van der Waals surface area contributed by atoms with Gasteiger partial charge in [-0.3, -0.25) is 33.6 Å². The number of hydrogen-bond donors (Lipinski definition) is 9. The number of aliphatic hydroxyl groups is 2. The first kappa shape index (κ1) is 54.6. The Kier molecular flexibility index (Phi) is 23.4. The number of amides is 7. The second kappa shape index (κ2) is 28.3. The number of carbonyl (C=O) groups is 7. The molecular formula is C48H73N7O11. The zero-order chi connectivity index (χ0) is 48.8. The molecule has 5 atom stereocenters. The third kappa shape index (κ3) is 16.9. The van der Waals surface area contributed by atoms with Gasteiger partial charge >= 0.3 is 0 Å². The second-order valence-corrected chi connectivity index (χ2v) is 17.2. The number of phenols is 2. The standard InChI is InChI=1S/C48H73N7O11/c1-6-7-8-9-10-11-12-13-14-15-16-17-18-19-41(60)54(4)38(30-57)47(65)51-31(2)44(62)50-29-42(61)55(5)43-34-21-23-40(59)36(28-34)35-26-33(20-22-39(35)58)27-37(46(64)49-24-25-56)53-45(63)32(3)52-48(43)66/h20-23,26,28,31-32,37-38,43,56-59H,6-19,24-25,27,29-30H2,1-5H3,(H,49,64)(H,50,62)(H,51,65)(H,52,66)(H,53,63). The minimum absolute atomic E-state index is 0.0520. The van der Waals surface area contributed by atoms with Gasteiger partial charge in [-0.2, -0.15) is 0 Å². The average Bonchev–Trinajstić information content (AvgIpc) is 3.29. The van der Waals surface area contributed by atoms with Gasteiger partial charge in [-0.1, -0.05) is 96.1 Å². The molecule has 0 aliphatic carbocycles. The fourth-order valence-corrected chi connectivity index (χ4v) is 7.80. The highest BCUT2D eigenvalue weighted by Crippen LogP contribution is 2.38. The van der Waals surface area contributed by atoms with E-state index in [1.54, 1.807) is 0 Å². The van der Waals surface area contributed by atoms with E-state index in [2.05, 4.69) is 33.5 Å². The Labute approximate surface area is 388 Å². The Hall–Kier alpha value is -5.75. The fraction of sp³-hybridized carbons (Fsp3) is 0.604. The third-order valence-electron chi connectivity index (χ3n) is 11.9. The van der Waals surface area contributed by atoms with Crippen LogP contribution >= 0.6 is 0 Å². The van der Waals surface area contributed by atoms with Gasteiger partial charge in [0.25, 0.3) is 0 Å². The molecule has 0 fully saturated rings. The highest BCUT2D eigenvalue weighted by atomic mass is 16.3. The van der Waals surface area contributed by atoms with Gasteiger partial charge < -0.3 is 56.8 Å². The van der Waals surface area contributed by atoms with E-state index in [-0.39, 0.29) is 60.1 Å². The number of hydrogen-bond acceptors (Lipinski definition) is 11. The van der Waals surface area contributed by atoms with Gasteiger partial charge in [0, 0.05) is 44.6 Å². The van der Waals surface area contributed by atoms with E-state index in [9.17, 15) is 54.0 Å². The molecule has 1 aliphatic rings. The van der Waals surface area contributed by atoms with E-state index in [0.717, 1.165) is 24.2 Å². The smallest absolute Gasteiger partial charge is 0.248 e. The normalized spacial score (nSPS) is 17.0. The summed E-state index contributed by atoms with van der Waals surface area (Å²) < 4.78 is 0. The van der Waals surface area contributed by atoms with E-state index < -0.39 is 78.8 Å². The van der Waals surface area contributed by atoms with Crippen molar-refractivity contribution in [3.8, 4) is 22.6 Å². The number of nitrogens with zero attached hydrogens (tertiary/aromatic N) is 2. The molecule has 2 aromatic carbocycles. The predicted octanol–water partition coefficient (Wildman–Crippen LogP) is 2.84. The second-order valence-electron chi connectivity index (χ2n) is 17.2. The minimum atomic E-state index is -1.46. The number of nitrogens with one attached hydrogen (secondary N) is 5. The lowest BCUT2D eigenvalue weighted by Crippen LogP contribution is -2.56. The van der Waals surface area contributed by atoms with Crippen LogP contribution in [0.1, 0.15) is 128 Å². The summed E-state index contributed by atoms with van der Waals surface area (Å²) in [5.41, 5.74) is 0.875. The van der Waals surface area contributed by atoms with Gasteiger partial charge in [-0.15, -0.1) is 0 Å². The molecule has 1 heterocycles. The summed E-state index contributed by atoms with van der Waals surface area (Å²) in [5, 5.41) is 53.8. The molecular weight excluding hydrogens is 851 g/mol. The number of likely N-dealkylation sites (N-methyl/N-ethyl adjacent to an activating group) is 2. The van der Waals surface area contributed by atoms with Crippen molar-refractivity contribution >= 4 is 41.4 Å². The average molecular weight is 924 g/mol. The van der Waals surface area contributed by atoms with Gasteiger partial charge in [-0.25, -0.2) is 0 Å². The fourth-order valence-electron chi connectivity index (χ4n) is 7.80. The molecule has 7 amide bonds. The van der Waals surface area contributed by atoms with Crippen LogP contribution in [0.4, 0.5) is 0 Å². The molecule has 366 valence electrons. The van der Waals surface area contributed by atoms with Gasteiger partial charge in [-0.05, 0) is 55.7 Å². The summed E-state index contributed by atoms with van der Waals surface area (Å²) in [7, 11) is 2.71. The maximum Gasteiger partial charge on any atom is 0.248 e. The third-order valence-corrected chi connectivity index (χ3v) is 11.9. The first-order valence-corrected chi connectivity index (χ1v) is 23.4. The molecule has 66 heavy (non-hydrogen) atoms. The molecule has 0 aromatic heterocycles. The molecule has 9 N–H and O–H groups in total. The molecule has 18 heteroatoms. The zero-order valence-electron chi connectivity index (χ0n) is 39.3.